The van der Waals surface area contributed by atoms with Crippen molar-refractivity contribution < 1.29 is 9.15 Å². The van der Waals surface area contributed by atoms with Gasteiger partial charge in [-0.05, 0) is 12.8 Å². The maximum absolute atomic E-state index is 5.72. The van der Waals surface area contributed by atoms with Crippen molar-refractivity contribution in [2.24, 2.45) is 0 Å². The van der Waals surface area contributed by atoms with Crippen LogP contribution in [0.1, 0.15) is 24.8 Å². The normalized spacial score (nSPS) is 25.8. The fourth-order valence-electron chi connectivity index (χ4n) is 1.54. The summed E-state index contributed by atoms with van der Waals surface area (Å²) in [4.78, 5) is 1.77. The van der Waals surface area contributed by atoms with Crippen LogP contribution in [0.3, 0.4) is 0 Å². The number of halogens is 1. The molecule has 2 atom stereocenters. The van der Waals surface area contributed by atoms with E-state index in [1.54, 1.807) is 4.90 Å². The molecule has 1 saturated heterocycles. The molecule has 1 aromatic heterocycles. The first-order valence-electron chi connectivity index (χ1n) is 4.93. The Kier molecular flexibility index (Phi) is 3.11. The molecule has 1 aliphatic heterocycles. The van der Waals surface area contributed by atoms with E-state index in [9.17, 15) is 0 Å². The number of aromatic nitrogens is 2. The SMILES string of the molecule is CN(C)c1nnc(C2CCC(CCl)O2)o1. The van der Waals surface area contributed by atoms with E-state index in [2.05, 4.69) is 10.2 Å². The number of ether oxygens (including phenoxy) is 1. The molecule has 1 aliphatic rings. The van der Waals surface area contributed by atoms with Gasteiger partial charge in [0.05, 0.1) is 6.10 Å². The van der Waals surface area contributed by atoms with Crippen molar-refractivity contribution in [3.63, 3.8) is 0 Å². The highest BCUT2D eigenvalue weighted by atomic mass is 35.5. The molecule has 0 amide bonds. The van der Waals surface area contributed by atoms with Gasteiger partial charge in [0.15, 0.2) is 0 Å². The smallest absolute Gasteiger partial charge is 0.317 e. The van der Waals surface area contributed by atoms with E-state index in [-0.39, 0.29) is 12.2 Å². The molecule has 1 fully saturated rings. The summed E-state index contributed by atoms with van der Waals surface area (Å²) in [6.07, 6.45) is 1.88. The summed E-state index contributed by atoms with van der Waals surface area (Å²) in [7, 11) is 3.71. The van der Waals surface area contributed by atoms with E-state index in [1.807, 2.05) is 14.1 Å². The first kappa shape index (κ1) is 10.7. The van der Waals surface area contributed by atoms with Gasteiger partial charge in [0.2, 0.25) is 5.89 Å². The maximum atomic E-state index is 5.72. The molecule has 0 spiro atoms. The number of anilines is 1. The van der Waals surface area contributed by atoms with Gasteiger partial charge in [0.1, 0.15) is 6.10 Å². The quantitative estimate of drug-likeness (QED) is 0.740. The van der Waals surface area contributed by atoms with Crippen molar-refractivity contribution in [2.75, 3.05) is 24.9 Å². The van der Waals surface area contributed by atoms with E-state index in [1.165, 1.54) is 0 Å². The van der Waals surface area contributed by atoms with Crippen LogP contribution in [-0.4, -0.2) is 36.3 Å². The second kappa shape index (κ2) is 4.37. The minimum Gasteiger partial charge on any atom is -0.405 e. The summed E-state index contributed by atoms with van der Waals surface area (Å²) in [5.74, 6) is 1.07. The molecule has 0 radical (unpaired) electrons. The number of hydrogen-bond acceptors (Lipinski definition) is 5. The molecule has 15 heavy (non-hydrogen) atoms. The zero-order chi connectivity index (χ0) is 10.8. The number of nitrogens with zero attached hydrogens (tertiary/aromatic N) is 3. The van der Waals surface area contributed by atoms with Crippen molar-refractivity contribution in [2.45, 2.75) is 25.0 Å². The molecule has 0 bridgehead atoms. The molecule has 2 unspecified atom stereocenters. The highest BCUT2D eigenvalue weighted by Gasteiger charge is 2.30. The summed E-state index contributed by atoms with van der Waals surface area (Å²) in [5, 5.41) is 7.87. The van der Waals surface area contributed by atoms with Gasteiger partial charge in [0, 0.05) is 20.0 Å². The van der Waals surface area contributed by atoms with Gasteiger partial charge in [-0.2, -0.15) is 0 Å². The molecule has 1 aromatic rings. The van der Waals surface area contributed by atoms with Gasteiger partial charge in [-0.25, -0.2) is 0 Å². The third-order valence-corrected chi connectivity index (χ3v) is 2.71. The zero-order valence-electron chi connectivity index (χ0n) is 8.81. The van der Waals surface area contributed by atoms with Crippen LogP contribution in [0.25, 0.3) is 0 Å². The summed E-state index contributed by atoms with van der Waals surface area (Å²) in [6.45, 7) is 0. The molecule has 2 rings (SSSR count). The molecule has 0 saturated carbocycles. The van der Waals surface area contributed by atoms with Crippen molar-refractivity contribution in [3.05, 3.63) is 5.89 Å². The Hall–Kier alpha value is -0.810. The average molecular weight is 232 g/mol. The lowest BCUT2D eigenvalue weighted by Gasteiger charge is -2.07. The van der Waals surface area contributed by atoms with Crippen LogP contribution in [0.15, 0.2) is 4.42 Å². The fraction of sp³-hybridized carbons (Fsp3) is 0.778. The molecule has 5 nitrogen and oxygen atoms in total. The van der Waals surface area contributed by atoms with E-state index in [0.717, 1.165) is 12.8 Å². The van der Waals surface area contributed by atoms with Gasteiger partial charge >= 0.3 is 6.01 Å². The average Bonchev–Trinajstić information content (AvgIpc) is 2.86. The van der Waals surface area contributed by atoms with E-state index >= 15 is 0 Å². The second-order valence-electron chi connectivity index (χ2n) is 3.80. The lowest BCUT2D eigenvalue weighted by molar-refractivity contribution is 0.0410. The van der Waals surface area contributed by atoms with Crippen LogP contribution >= 0.6 is 11.6 Å². The third kappa shape index (κ3) is 2.23. The highest BCUT2D eigenvalue weighted by Crippen LogP contribution is 2.32. The number of rotatable bonds is 3. The lowest BCUT2D eigenvalue weighted by Crippen LogP contribution is -2.08. The van der Waals surface area contributed by atoms with Crippen LogP contribution in [0.2, 0.25) is 0 Å². The van der Waals surface area contributed by atoms with Crippen LogP contribution in [0.4, 0.5) is 6.01 Å². The largest absolute Gasteiger partial charge is 0.405 e. The van der Waals surface area contributed by atoms with Crippen molar-refractivity contribution in [1.29, 1.82) is 0 Å². The van der Waals surface area contributed by atoms with Crippen LogP contribution in [0.5, 0.6) is 0 Å². The topological polar surface area (TPSA) is 51.4 Å². The lowest BCUT2D eigenvalue weighted by atomic mass is 10.2. The van der Waals surface area contributed by atoms with Crippen molar-refractivity contribution in [1.82, 2.24) is 10.2 Å². The van der Waals surface area contributed by atoms with Gasteiger partial charge in [-0.15, -0.1) is 16.7 Å². The Morgan fingerprint density at radius 2 is 2.20 bits per heavy atom. The molecule has 84 valence electrons. The minimum atomic E-state index is -0.0880. The first-order chi connectivity index (χ1) is 7.20. The van der Waals surface area contributed by atoms with E-state index < -0.39 is 0 Å². The second-order valence-corrected chi connectivity index (χ2v) is 4.10. The van der Waals surface area contributed by atoms with Crippen molar-refractivity contribution >= 4 is 17.6 Å². The van der Waals surface area contributed by atoms with E-state index in [0.29, 0.717) is 17.8 Å². The Balaban J connectivity index is 2.04. The van der Waals surface area contributed by atoms with Crippen LogP contribution < -0.4 is 4.90 Å². The molecule has 6 heteroatoms. The summed E-state index contributed by atoms with van der Waals surface area (Å²) < 4.78 is 11.1. The Bertz CT molecular complexity index is 329. The standard InChI is InChI=1S/C9H14ClN3O2/c1-13(2)9-12-11-8(15-9)7-4-3-6(5-10)14-7/h6-7H,3-5H2,1-2H3. The van der Waals surface area contributed by atoms with Crippen LogP contribution in [0, 0.1) is 0 Å². The molecular weight excluding hydrogens is 218 g/mol. The third-order valence-electron chi connectivity index (χ3n) is 2.37. The Morgan fingerprint density at radius 3 is 2.73 bits per heavy atom. The highest BCUT2D eigenvalue weighted by molar-refractivity contribution is 6.18. The fourth-order valence-corrected chi connectivity index (χ4v) is 1.77. The number of alkyl halides is 1. The predicted molar refractivity (Wildman–Crippen MR) is 56.2 cm³/mol. The van der Waals surface area contributed by atoms with Crippen molar-refractivity contribution in [3.8, 4) is 0 Å². The minimum absolute atomic E-state index is 0.0880. The first-order valence-corrected chi connectivity index (χ1v) is 5.46. The maximum Gasteiger partial charge on any atom is 0.317 e. The summed E-state index contributed by atoms with van der Waals surface area (Å²) in [6, 6.07) is 0.503. The molecule has 0 aromatic carbocycles. The van der Waals surface area contributed by atoms with E-state index in [4.69, 9.17) is 20.8 Å². The van der Waals surface area contributed by atoms with Gasteiger partial charge in [0.25, 0.3) is 0 Å². The summed E-state index contributed by atoms with van der Waals surface area (Å²) in [5.41, 5.74) is 0. The van der Waals surface area contributed by atoms with Gasteiger partial charge < -0.3 is 14.1 Å². The van der Waals surface area contributed by atoms with Gasteiger partial charge in [-0.3, -0.25) is 0 Å². The molecular formula is C9H14ClN3O2. The van der Waals surface area contributed by atoms with Gasteiger partial charge in [-0.1, -0.05) is 5.10 Å². The molecule has 0 aliphatic carbocycles. The number of hydrogen-bond donors (Lipinski definition) is 0. The zero-order valence-corrected chi connectivity index (χ0v) is 9.57. The Labute approximate surface area is 93.4 Å². The van der Waals surface area contributed by atoms with Crippen LogP contribution in [-0.2, 0) is 4.74 Å². The Morgan fingerprint density at radius 1 is 1.40 bits per heavy atom. The molecule has 0 N–H and O–H groups in total. The summed E-state index contributed by atoms with van der Waals surface area (Å²) >= 11 is 5.72. The monoisotopic (exact) mass is 231 g/mol. The predicted octanol–water partition coefficient (Wildman–Crippen LogP) is 1.59. The molecule has 2 heterocycles.